The quantitative estimate of drug-likeness (QED) is 0.216. The van der Waals surface area contributed by atoms with Crippen molar-refractivity contribution >= 4 is 10.1 Å². The third-order valence-electron chi connectivity index (χ3n) is 3.77. The van der Waals surface area contributed by atoms with E-state index in [1.54, 1.807) is 51.1 Å². The molecule has 0 atom stereocenters. The van der Waals surface area contributed by atoms with Gasteiger partial charge in [0.15, 0.2) is 0 Å². The number of hydrogen-bond acceptors (Lipinski definition) is 7. The first kappa shape index (κ1) is 38.2. The lowest BCUT2D eigenvalue weighted by Gasteiger charge is -2.05. The van der Waals surface area contributed by atoms with E-state index in [-0.39, 0.29) is 37.5 Å². The molecule has 0 unspecified atom stereocenters. The third-order valence-corrected chi connectivity index (χ3v) is 5.09. The summed E-state index contributed by atoms with van der Waals surface area (Å²) in [6, 6.07) is 8.33. The molecule has 0 heterocycles. The van der Waals surface area contributed by atoms with Crippen molar-refractivity contribution in [3.8, 4) is 0 Å². The SMILES string of the molecule is CCCCCCCCCCCCOS(=O)(=O)c1ccccc1.CCO.CCO.CCO.N. The number of aliphatic hydroxyl groups excluding tert-OH is 3. The largest absolute Gasteiger partial charge is 0.397 e. The van der Waals surface area contributed by atoms with Crippen molar-refractivity contribution in [3.05, 3.63) is 30.3 Å². The number of hydrogen-bond donors (Lipinski definition) is 4. The highest BCUT2D eigenvalue weighted by atomic mass is 32.2. The molecule has 7 nitrogen and oxygen atoms in total. The van der Waals surface area contributed by atoms with Crippen LogP contribution in [0.1, 0.15) is 91.9 Å². The minimum atomic E-state index is -3.57. The second kappa shape index (κ2) is 32.2. The first-order valence-corrected chi connectivity index (χ1v) is 13.1. The van der Waals surface area contributed by atoms with E-state index in [2.05, 4.69) is 6.92 Å². The molecule has 0 bridgehead atoms. The average Bonchev–Trinajstić information content (AvgIpc) is 2.74. The molecule has 8 heteroatoms. The van der Waals surface area contributed by atoms with Crippen LogP contribution in [-0.2, 0) is 14.3 Å². The van der Waals surface area contributed by atoms with Crippen LogP contribution >= 0.6 is 0 Å². The molecule has 194 valence electrons. The second-order valence-corrected chi connectivity index (χ2v) is 8.34. The van der Waals surface area contributed by atoms with Crippen molar-refractivity contribution in [2.24, 2.45) is 0 Å². The highest BCUT2D eigenvalue weighted by Gasteiger charge is 2.13. The Balaban J connectivity index is -0.000000337. The van der Waals surface area contributed by atoms with Gasteiger partial charge in [0, 0.05) is 19.8 Å². The minimum absolute atomic E-state index is 0. The lowest BCUT2D eigenvalue weighted by atomic mass is 10.1. The van der Waals surface area contributed by atoms with Crippen molar-refractivity contribution in [1.29, 1.82) is 0 Å². The molecule has 0 aromatic heterocycles. The molecule has 0 radical (unpaired) electrons. The van der Waals surface area contributed by atoms with Gasteiger partial charge in [-0.05, 0) is 39.3 Å². The van der Waals surface area contributed by atoms with Crippen LogP contribution in [0.5, 0.6) is 0 Å². The molecule has 0 aliphatic heterocycles. The highest BCUT2D eigenvalue weighted by molar-refractivity contribution is 7.86. The molecule has 1 aromatic rings. The van der Waals surface area contributed by atoms with E-state index in [0.29, 0.717) is 0 Å². The van der Waals surface area contributed by atoms with Gasteiger partial charge in [0.05, 0.1) is 11.5 Å². The highest BCUT2D eigenvalue weighted by Crippen LogP contribution is 2.13. The molecule has 0 saturated carbocycles. The topological polar surface area (TPSA) is 139 Å². The maximum atomic E-state index is 11.9. The number of benzene rings is 1. The van der Waals surface area contributed by atoms with Gasteiger partial charge in [-0.15, -0.1) is 0 Å². The van der Waals surface area contributed by atoms with Gasteiger partial charge in [-0.3, -0.25) is 4.18 Å². The molecule has 6 N–H and O–H groups in total. The summed E-state index contributed by atoms with van der Waals surface area (Å²) >= 11 is 0. The Hall–Kier alpha value is -1.03. The Kier molecular flexibility index (Phi) is 38.4. The Morgan fingerprint density at radius 2 is 1.00 bits per heavy atom. The van der Waals surface area contributed by atoms with Crippen LogP contribution in [0.4, 0.5) is 0 Å². The Morgan fingerprint density at radius 1 is 0.656 bits per heavy atom. The zero-order valence-electron chi connectivity index (χ0n) is 21.0. The summed E-state index contributed by atoms with van der Waals surface area (Å²) in [6.45, 7) is 8.31. The van der Waals surface area contributed by atoms with Gasteiger partial charge in [0.1, 0.15) is 0 Å². The molecule has 0 aliphatic carbocycles. The van der Waals surface area contributed by atoms with E-state index in [1.165, 1.54) is 51.4 Å². The Labute approximate surface area is 197 Å². The summed E-state index contributed by atoms with van der Waals surface area (Å²) in [5.41, 5.74) is 0. The van der Waals surface area contributed by atoms with Gasteiger partial charge in [0.25, 0.3) is 10.1 Å². The van der Waals surface area contributed by atoms with E-state index in [9.17, 15) is 8.42 Å². The van der Waals surface area contributed by atoms with Crippen LogP contribution in [0.2, 0.25) is 0 Å². The zero-order chi connectivity index (χ0) is 24.2. The van der Waals surface area contributed by atoms with Crippen molar-refractivity contribution in [1.82, 2.24) is 6.15 Å². The first-order valence-electron chi connectivity index (χ1n) is 11.7. The fourth-order valence-electron chi connectivity index (χ4n) is 2.41. The van der Waals surface area contributed by atoms with Gasteiger partial charge >= 0.3 is 0 Å². The summed E-state index contributed by atoms with van der Waals surface area (Å²) in [5.74, 6) is 0. The van der Waals surface area contributed by atoms with Crippen LogP contribution in [0.25, 0.3) is 0 Å². The summed E-state index contributed by atoms with van der Waals surface area (Å²) in [7, 11) is -3.57. The molecule has 0 amide bonds. The number of aliphatic hydroxyl groups is 3. The lowest BCUT2D eigenvalue weighted by Crippen LogP contribution is -2.07. The Morgan fingerprint density at radius 3 is 1.38 bits per heavy atom. The molecular formula is C24H51NO6S. The second-order valence-electron chi connectivity index (χ2n) is 6.72. The summed E-state index contributed by atoms with van der Waals surface area (Å²) in [4.78, 5) is 0.238. The maximum absolute atomic E-state index is 11.9. The Bertz CT molecular complexity index is 522. The van der Waals surface area contributed by atoms with Crippen molar-refractivity contribution in [2.45, 2.75) is 96.8 Å². The molecule has 32 heavy (non-hydrogen) atoms. The minimum Gasteiger partial charge on any atom is -0.397 e. The van der Waals surface area contributed by atoms with Crippen LogP contribution in [0.15, 0.2) is 35.2 Å². The number of rotatable bonds is 13. The van der Waals surface area contributed by atoms with E-state index < -0.39 is 10.1 Å². The normalized spacial score (nSPS) is 9.72. The first-order chi connectivity index (χ1) is 14.9. The van der Waals surface area contributed by atoms with Crippen LogP contribution in [-0.4, -0.2) is 50.2 Å². The van der Waals surface area contributed by atoms with E-state index >= 15 is 0 Å². The van der Waals surface area contributed by atoms with Gasteiger partial charge in [-0.2, -0.15) is 8.42 Å². The predicted molar refractivity (Wildman–Crippen MR) is 135 cm³/mol. The van der Waals surface area contributed by atoms with Gasteiger partial charge in [0.2, 0.25) is 0 Å². The van der Waals surface area contributed by atoms with Crippen molar-refractivity contribution in [2.75, 3.05) is 26.4 Å². The van der Waals surface area contributed by atoms with Crippen LogP contribution in [0.3, 0.4) is 0 Å². The van der Waals surface area contributed by atoms with Crippen LogP contribution < -0.4 is 6.15 Å². The molecule has 1 aromatic carbocycles. The van der Waals surface area contributed by atoms with Gasteiger partial charge in [-0.25, -0.2) is 0 Å². The van der Waals surface area contributed by atoms with Crippen molar-refractivity contribution in [3.63, 3.8) is 0 Å². The van der Waals surface area contributed by atoms with Gasteiger partial charge < -0.3 is 21.5 Å². The monoisotopic (exact) mass is 481 g/mol. The van der Waals surface area contributed by atoms with Crippen LogP contribution in [0, 0.1) is 0 Å². The molecular weight excluding hydrogens is 430 g/mol. The third kappa shape index (κ3) is 31.2. The maximum Gasteiger partial charge on any atom is 0.296 e. The fraction of sp³-hybridized carbons (Fsp3) is 0.750. The molecule has 0 fully saturated rings. The molecule has 0 spiro atoms. The lowest BCUT2D eigenvalue weighted by molar-refractivity contribution is 0.306. The molecule has 0 aliphatic rings. The summed E-state index contributed by atoms with van der Waals surface area (Å²) in [6.07, 6.45) is 12.3. The fourth-order valence-corrected chi connectivity index (χ4v) is 3.38. The predicted octanol–water partition coefficient (Wildman–Crippen LogP) is 5.47. The van der Waals surface area contributed by atoms with E-state index in [1.807, 2.05) is 0 Å². The van der Waals surface area contributed by atoms with Gasteiger partial charge in [-0.1, -0.05) is 82.9 Å². The smallest absolute Gasteiger partial charge is 0.296 e. The standard InChI is InChI=1S/C18H30O3S.3C2H6O.H3N/c1-2-3-4-5-6-7-8-9-10-14-17-21-22(19,20)18-15-12-11-13-16-18;3*1-2-3;/h11-13,15-16H,2-10,14,17H2,1H3;3*3H,2H2,1H3;1H3. The van der Waals surface area contributed by atoms with E-state index in [0.717, 1.165) is 12.8 Å². The van der Waals surface area contributed by atoms with Crippen molar-refractivity contribution < 1.29 is 27.9 Å². The average molecular weight is 482 g/mol. The molecule has 0 saturated heterocycles. The molecule has 1 rings (SSSR count). The number of unbranched alkanes of at least 4 members (excludes halogenated alkanes) is 9. The zero-order valence-corrected chi connectivity index (χ0v) is 21.8. The van der Waals surface area contributed by atoms with E-state index in [4.69, 9.17) is 19.5 Å². The summed E-state index contributed by atoms with van der Waals surface area (Å²) < 4.78 is 28.8. The summed E-state index contributed by atoms with van der Waals surface area (Å²) in [5, 5.41) is 22.7.